The largest absolute Gasteiger partial charge is 0.506 e. The average Bonchev–Trinajstić information content (AvgIpc) is 2.22. The summed E-state index contributed by atoms with van der Waals surface area (Å²) in [5.41, 5.74) is 0.0719. The van der Waals surface area contributed by atoms with Gasteiger partial charge in [-0.15, -0.1) is 0 Å². The van der Waals surface area contributed by atoms with E-state index in [0.717, 1.165) is 12.8 Å². The maximum atomic E-state index is 11.7. The van der Waals surface area contributed by atoms with Crippen molar-refractivity contribution in [1.29, 1.82) is 5.26 Å². The minimum absolute atomic E-state index is 0.00209. The fourth-order valence-corrected chi connectivity index (χ4v) is 1.36. The van der Waals surface area contributed by atoms with E-state index in [0.29, 0.717) is 12.1 Å². The Morgan fingerprint density at radius 2 is 2.27 bits per heavy atom. The zero-order valence-electron chi connectivity index (χ0n) is 8.95. The molecule has 0 saturated heterocycles. The average molecular weight is 206 g/mol. The number of unbranched alkanes of at least 4 members (excludes halogenated alkanes) is 1. The normalized spacial score (nSPS) is 9.93. The summed E-state index contributed by atoms with van der Waals surface area (Å²) in [7, 11) is 0. The molecule has 0 bridgehead atoms. The van der Waals surface area contributed by atoms with Crippen LogP contribution in [0.3, 0.4) is 0 Å². The first-order valence-electron chi connectivity index (χ1n) is 4.95. The Hall–Kier alpha value is -1.76. The van der Waals surface area contributed by atoms with Crippen molar-refractivity contribution in [2.45, 2.75) is 33.2 Å². The van der Waals surface area contributed by atoms with E-state index in [1.54, 1.807) is 6.92 Å². The lowest BCUT2D eigenvalue weighted by molar-refractivity contribution is 0.457. The molecule has 0 amide bonds. The van der Waals surface area contributed by atoms with Gasteiger partial charge in [0.15, 0.2) is 0 Å². The van der Waals surface area contributed by atoms with E-state index in [-0.39, 0.29) is 16.9 Å². The fraction of sp³-hybridized carbons (Fsp3) is 0.455. The Morgan fingerprint density at radius 3 is 2.80 bits per heavy atom. The zero-order chi connectivity index (χ0) is 11.4. The monoisotopic (exact) mass is 206 g/mol. The Morgan fingerprint density at radius 1 is 1.60 bits per heavy atom. The molecule has 0 unspecified atom stereocenters. The van der Waals surface area contributed by atoms with Gasteiger partial charge in [-0.1, -0.05) is 13.3 Å². The molecule has 0 saturated carbocycles. The maximum Gasteiger partial charge on any atom is 0.268 e. The molecular formula is C11H14N2O2. The highest BCUT2D eigenvalue weighted by molar-refractivity contribution is 5.42. The van der Waals surface area contributed by atoms with Gasteiger partial charge >= 0.3 is 0 Å². The van der Waals surface area contributed by atoms with Gasteiger partial charge in [0, 0.05) is 18.3 Å². The number of aromatic hydroxyl groups is 1. The van der Waals surface area contributed by atoms with Crippen molar-refractivity contribution < 1.29 is 5.11 Å². The number of aromatic nitrogens is 1. The van der Waals surface area contributed by atoms with Crippen molar-refractivity contribution >= 4 is 0 Å². The first-order valence-corrected chi connectivity index (χ1v) is 4.95. The van der Waals surface area contributed by atoms with Crippen molar-refractivity contribution in [2.75, 3.05) is 0 Å². The lowest BCUT2D eigenvalue weighted by atomic mass is 10.1. The molecule has 1 N–H and O–H groups in total. The molecule has 0 aliphatic heterocycles. The van der Waals surface area contributed by atoms with Gasteiger partial charge in [-0.2, -0.15) is 5.26 Å². The highest BCUT2D eigenvalue weighted by Crippen LogP contribution is 2.15. The first-order chi connectivity index (χ1) is 7.11. The van der Waals surface area contributed by atoms with Crippen LogP contribution in [0.5, 0.6) is 5.75 Å². The summed E-state index contributed by atoms with van der Waals surface area (Å²) in [4.78, 5) is 11.7. The van der Waals surface area contributed by atoms with Gasteiger partial charge in [-0.25, -0.2) is 0 Å². The van der Waals surface area contributed by atoms with Crippen LogP contribution in [-0.2, 0) is 6.54 Å². The van der Waals surface area contributed by atoms with Gasteiger partial charge in [-0.3, -0.25) is 4.79 Å². The lowest BCUT2D eigenvalue weighted by Gasteiger charge is -2.08. The predicted molar refractivity (Wildman–Crippen MR) is 56.7 cm³/mol. The molecule has 0 atom stereocenters. The van der Waals surface area contributed by atoms with Crippen molar-refractivity contribution in [2.24, 2.45) is 0 Å². The molecule has 0 spiro atoms. The zero-order valence-corrected chi connectivity index (χ0v) is 8.95. The molecule has 1 aromatic heterocycles. The lowest BCUT2D eigenvalue weighted by Crippen LogP contribution is -2.23. The molecule has 4 nitrogen and oxygen atoms in total. The summed E-state index contributed by atoms with van der Waals surface area (Å²) in [5, 5.41) is 18.3. The van der Waals surface area contributed by atoms with Crippen molar-refractivity contribution in [3.8, 4) is 11.8 Å². The van der Waals surface area contributed by atoms with Crippen molar-refractivity contribution in [3.63, 3.8) is 0 Å². The number of nitrogens with zero attached hydrogens (tertiary/aromatic N) is 2. The first kappa shape index (κ1) is 11.3. The molecule has 1 heterocycles. The van der Waals surface area contributed by atoms with E-state index in [1.165, 1.54) is 10.8 Å². The molecular weight excluding hydrogens is 192 g/mol. The van der Waals surface area contributed by atoms with Crippen LogP contribution in [0, 0.1) is 18.3 Å². The van der Waals surface area contributed by atoms with Gasteiger partial charge in [0.1, 0.15) is 17.4 Å². The van der Waals surface area contributed by atoms with Gasteiger partial charge in [0.2, 0.25) is 0 Å². The quantitative estimate of drug-likeness (QED) is 0.815. The second-order valence-corrected chi connectivity index (χ2v) is 3.48. The summed E-state index contributed by atoms with van der Waals surface area (Å²) in [5.74, 6) is 0.00209. The predicted octanol–water partition coefficient (Wildman–Crippen LogP) is 1.53. The number of aryl methyl sites for hydroxylation is 1. The fourth-order valence-electron chi connectivity index (χ4n) is 1.36. The minimum Gasteiger partial charge on any atom is -0.506 e. The SMILES string of the molecule is CCCCn1cc(O)c(C)c(C#N)c1=O. The van der Waals surface area contributed by atoms with E-state index >= 15 is 0 Å². The number of pyridine rings is 1. The standard InChI is InChI=1S/C11H14N2O2/c1-3-4-5-13-7-10(14)8(2)9(6-12)11(13)15/h7,14H,3-5H2,1-2H3. The molecule has 0 fully saturated rings. The third-order valence-corrected chi connectivity index (χ3v) is 2.38. The summed E-state index contributed by atoms with van der Waals surface area (Å²) in [6.07, 6.45) is 3.21. The van der Waals surface area contributed by atoms with Gasteiger partial charge in [-0.05, 0) is 13.3 Å². The maximum absolute atomic E-state index is 11.7. The molecule has 0 radical (unpaired) electrons. The Labute approximate surface area is 88.4 Å². The molecule has 0 aromatic carbocycles. The van der Waals surface area contributed by atoms with Gasteiger partial charge in [0.05, 0.1) is 0 Å². The van der Waals surface area contributed by atoms with Crippen molar-refractivity contribution in [1.82, 2.24) is 4.57 Å². The van der Waals surface area contributed by atoms with Crippen LogP contribution >= 0.6 is 0 Å². The Kier molecular flexibility index (Phi) is 3.51. The van der Waals surface area contributed by atoms with Crippen molar-refractivity contribution in [3.05, 3.63) is 27.7 Å². The molecule has 80 valence electrons. The molecule has 0 aliphatic carbocycles. The van der Waals surface area contributed by atoms with Crippen LogP contribution in [0.25, 0.3) is 0 Å². The summed E-state index contributed by atoms with van der Waals surface area (Å²) >= 11 is 0. The van der Waals surface area contributed by atoms with Crippen LogP contribution in [-0.4, -0.2) is 9.67 Å². The van der Waals surface area contributed by atoms with E-state index < -0.39 is 0 Å². The number of hydrogen-bond acceptors (Lipinski definition) is 3. The number of rotatable bonds is 3. The molecule has 4 heteroatoms. The summed E-state index contributed by atoms with van der Waals surface area (Å²) in [6.45, 7) is 4.13. The Balaban J connectivity index is 3.26. The number of nitriles is 1. The van der Waals surface area contributed by atoms with Crippen LogP contribution in [0.1, 0.15) is 30.9 Å². The molecule has 0 aliphatic rings. The number of hydrogen-bond donors (Lipinski definition) is 1. The van der Waals surface area contributed by atoms with Crippen LogP contribution < -0.4 is 5.56 Å². The van der Waals surface area contributed by atoms with E-state index in [9.17, 15) is 9.90 Å². The van der Waals surface area contributed by atoms with Gasteiger partial charge in [0.25, 0.3) is 5.56 Å². The smallest absolute Gasteiger partial charge is 0.268 e. The second-order valence-electron chi connectivity index (χ2n) is 3.48. The highest BCUT2D eigenvalue weighted by atomic mass is 16.3. The minimum atomic E-state index is -0.318. The van der Waals surface area contributed by atoms with Crippen LogP contribution in [0.4, 0.5) is 0 Å². The Bertz CT molecular complexity index is 455. The van der Waals surface area contributed by atoms with Gasteiger partial charge < -0.3 is 9.67 Å². The third kappa shape index (κ3) is 2.18. The van der Waals surface area contributed by atoms with E-state index in [4.69, 9.17) is 5.26 Å². The van der Waals surface area contributed by atoms with E-state index in [2.05, 4.69) is 0 Å². The third-order valence-electron chi connectivity index (χ3n) is 2.38. The highest BCUT2D eigenvalue weighted by Gasteiger charge is 2.10. The van der Waals surface area contributed by atoms with E-state index in [1.807, 2.05) is 13.0 Å². The second kappa shape index (κ2) is 4.65. The summed E-state index contributed by atoms with van der Waals surface area (Å²) in [6, 6.07) is 1.83. The summed E-state index contributed by atoms with van der Waals surface area (Å²) < 4.78 is 1.39. The van der Waals surface area contributed by atoms with Crippen LogP contribution in [0.15, 0.2) is 11.0 Å². The molecule has 15 heavy (non-hydrogen) atoms. The molecule has 1 rings (SSSR count). The van der Waals surface area contributed by atoms with Crippen LogP contribution in [0.2, 0.25) is 0 Å². The topological polar surface area (TPSA) is 66.0 Å². The molecule has 1 aromatic rings.